The van der Waals surface area contributed by atoms with Crippen LogP contribution in [0.25, 0.3) is 5.57 Å². The highest BCUT2D eigenvalue weighted by Gasteiger charge is 2.09. The van der Waals surface area contributed by atoms with Crippen LogP contribution in [0.15, 0.2) is 66.8 Å². The van der Waals surface area contributed by atoms with Gasteiger partial charge in [0, 0.05) is 5.56 Å². The van der Waals surface area contributed by atoms with E-state index >= 15 is 0 Å². The second-order valence-corrected chi connectivity index (χ2v) is 5.61. The number of aryl methyl sites for hydroxylation is 1. The summed E-state index contributed by atoms with van der Waals surface area (Å²) in [5, 5.41) is 0. The molecule has 0 aliphatic carbocycles. The van der Waals surface area contributed by atoms with Gasteiger partial charge in [0.05, 0.1) is 0 Å². The number of carbonyl (C=O) groups excluding carboxylic acids is 1. The van der Waals surface area contributed by atoms with Crippen molar-refractivity contribution >= 4 is 11.4 Å². The zero-order chi connectivity index (χ0) is 18.1. The van der Waals surface area contributed by atoms with E-state index in [2.05, 4.69) is 44.7 Å². The van der Waals surface area contributed by atoms with E-state index in [0.29, 0.717) is 0 Å². The van der Waals surface area contributed by atoms with Gasteiger partial charge in [-0.05, 0) is 55.0 Å². The maximum absolute atomic E-state index is 11.4. The number of allylic oxidation sites excluding steroid dienone is 3. The standard InChI is InChI=1S/C21H22O.C2H6/c1-5-15(2)21(20-9-7-6-8-16(20)3)14-18-10-12-19(13-11-18)17(4)22;1-2/h5-13H,1,14H2,2-4H3;1-2H3/b21-15-;. The van der Waals surface area contributed by atoms with E-state index in [9.17, 15) is 4.79 Å². The third kappa shape index (κ3) is 5.06. The Bertz CT molecular complexity index is 718. The molecule has 2 aromatic rings. The third-order valence-corrected chi connectivity index (χ3v) is 3.99. The predicted octanol–water partition coefficient (Wildman–Crippen LogP) is 6.43. The molecule has 0 fully saturated rings. The molecule has 0 saturated carbocycles. The molecule has 2 aromatic carbocycles. The molecule has 0 aliphatic rings. The molecule has 0 aromatic heterocycles. The lowest BCUT2D eigenvalue weighted by Gasteiger charge is -2.14. The SMILES string of the molecule is C=C/C(C)=C(/Cc1ccc(C(C)=O)cc1)c1ccccc1C.CC. The maximum atomic E-state index is 11.4. The van der Waals surface area contributed by atoms with Gasteiger partial charge in [0.1, 0.15) is 0 Å². The minimum Gasteiger partial charge on any atom is -0.295 e. The van der Waals surface area contributed by atoms with Gasteiger partial charge in [-0.15, -0.1) is 0 Å². The first-order valence-electron chi connectivity index (χ1n) is 8.51. The molecule has 0 N–H and O–H groups in total. The van der Waals surface area contributed by atoms with Crippen molar-refractivity contribution in [3.05, 3.63) is 89.0 Å². The first kappa shape index (κ1) is 19.6. The van der Waals surface area contributed by atoms with Gasteiger partial charge in [0.2, 0.25) is 0 Å². The first-order valence-corrected chi connectivity index (χ1v) is 8.51. The molecular weight excluding hydrogens is 292 g/mol. The Labute approximate surface area is 146 Å². The molecule has 126 valence electrons. The number of hydrogen-bond donors (Lipinski definition) is 0. The van der Waals surface area contributed by atoms with Gasteiger partial charge in [-0.1, -0.05) is 75.0 Å². The summed E-state index contributed by atoms with van der Waals surface area (Å²) in [6, 6.07) is 16.3. The molecule has 1 nitrogen and oxygen atoms in total. The Kier molecular flexibility index (Phi) is 7.91. The second-order valence-electron chi connectivity index (χ2n) is 5.61. The summed E-state index contributed by atoms with van der Waals surface area (Å²) in [5.41, 5.74) is 6.94. The van der Waals surface area contributed by atoms with Crippen molar-refractivity contribution in [1.82, 2.24) is 0 Å². The van der Waals surface area contributed by atoms with Crippen LogP contribution >= 0.6 is 0 Å². The molecule has 0 heterocycles. The van der Waals surface area contributed by atoms with Crippen molar-refractivity contribution in [2.45, 2.75) is 41.0 Å². The lowest BCUT2D eigenvalue weighted by atomic mass is 9.91. The van der Waals surface area contributed by atoms with Crippen LogP contribution in [0.2, 0.25) is 0 Å². The number of benzene rings is 2. The van der Waals surface area contributed by atoms with Gasteiger partial charge in [0.15, 0.2) is 5.78 Å². The zero-order valence-electron chi connectivity index (χ0n) is 15.5. The van der Waals surface area contributed by atoms with Crippen LogP contribution in [0, 0.1) is 6.92 Å². The molecule has 24 heavy (non-hydrogen) atoms. The second kappa shape index (κ2) is 9.67. The normalized spacial score (nSPS) is 11.0. The van der Waals surface area contributed by atoms with Gasteiger partial charge in [-0.2, -0.15) is 0 Å². The quantitative estimate of drug-likeness (QED) is 0.458. The Morgan fingerprint density at radius 1 is 1.00 bits per heavy atom. The average Bonchev–Trinajstić information content (AvgIpc) is 2.62. The largest absolute Gasteiger partial charge is 0.295 e. The zero-order valence-corrected chi connectivity index (χ0v) is 15.5. The van der Waals surface area contributed by atoms with Crippen molar-refractivity contribution in [3.8, 4) is 0 Å². The molecule has 0 amide bonds. The van der Waals surface area contributed by atoms with Crippen LogP contribution in [0.4, 0.5) is 0 Å². The number of ketones is 1. The van der Waals surface area contributed by atoms with Crippen LogP contribution < -0.4 is 0 Å². The summed E-state index contributed by atoms with van der Waals surface area (Å²) in [6.07, 6.45) is 2.74. The number of Topliss-reactive ketones (excluding diaryl/α,β-unsaturated/α-hetero) is 1. The lowest BCUT2D eigenvalue weighted by molar-refractivity contribution is 0.101. The smallest absolute Gasteiger partial charge is 0.159 e. The van der Waals surface area contributed by atoms with E-state index in [1.54, 1.807) is 6.92 Å². The lowest BCUT2D eigenvalue weighted by Crippen LogP contribution is -1.98. The Hall–Kier alpha value is -2.41. The van der Waals surface area contributed by atoms with E-state index in [-0.39, 0.29) is 5.78 Å². The summed E-state index contributed by atoms with van der Waals surface area (Å²) in [4.78, 5) is 11.4. The van der Waals surface area contributed by atoms with E-state index in [4.69, 9.17) is 0 Å². The number of carbonyl (C=O) groups is 1. The molecule has 0 aliphatic heterocycles. The van der Waals surface area contributed by atoms with Crippen LogP contribution in [0.5, 0.6) is 0 Å². The first-order chi connectivity index (χ1) is 11.5. The molecule has 0 bridgehead atoms. The summed E-state index contributed by atoms with van der Waals surface area (Å²) >= 11 is 0. The van der Waals surface area contributed by atoms with E-state index < -0.39 is 0 Å². The van der Waals surface area contributed by atoms with E-state index in [1.807, 2.05) is 44.2 Å². The Balaban J connectivity index is 0.00000139. The van der Waals surface area contributed by atoms with Crippen LogP contribution in [0.3, 0.4) is 0 Å². The highest BCUT2D eigenvalue weighted by molar-refractivity contribution is 5.94. The van der Waals surface area contributed by atoms with Crippen molar-refractivity contribution in [1.29, 1.82) is 0 Å². The molecular formula is C23H28O. The topological polar surface area (TPSA) is 17.1 Å². The van der Waals surface area contributed by atoms with Crippen molar-refractivity contribution < 1.29 is 4.79 Å². The highest BCUT2D eigenvalue weighted by Crippen LogP contribution is 2.26. The molecule has 0 atom stereocenters. The van der Waals surface area contributed by atoms with Crippen molar-refractivity contribution in [2.75, 3.05) is 0 Å². The van der Waals surface area contributed by atoms with Gasteiger partial charge in [-0.25, -0.2) is 0 Å². The van der Waals surface area contributed by atoms with E-state index in [1.165, 1.54) is 27.8 Å². The molecule has 2 rings (SSSR count). The van der Waals surface area contributed by atoms with Crippen LogP contribution in [-0.2, 0) is 6.42 Å². The predicted molar refractivity (Wildman–Crippen MR) is 105 cm³/mol. The van der Waals surface area contributed by atoms with Gasteiger partial charge in [-0.3, -0.25) is 4.79 Å². The van der Waals surface area contributed by atoms with Gasteiger partial charge < -0.3 is 0 Å². The van der Waals surface area contributed by atoms with Gasteiger partial charge >= 0.3 is 0 Å². The van der Waals surface area contributed by atoms with Gasteiger partial charge in [0.25, 0.3) is 0 Å². The summed E-state index contributed by atoms with van der Waals surface area (Å²) < 4.78 is 0. The third-order valence-electron chi connectivity index (χ3n) is 3.99. The fourth-order valence-electron chi connectivity index (χ4n) is 2.54. The summed E-state index contributed by atoms with van der Waals surface area (Å²) in [5.74, 6) is 0.100. The Morgan fingerprint density at radius 2 is 1.58 bits per heavy atom. The average molecular weight is 320 g/mol. The maximum Gasteiger partial charge on any atom is 0.159 e. The Morgan fingerprint density at radius 3 is 2.08 bits per heavy atom. The van der Waals surface area contributed by atoms with Crippen LogP contribution in [-0.4, -0.2) is 5.78 Å². The molecule has 0 saturated heterocycles. The summed E-state index contributed by atoms with van der Waals surface area (Å²) in [7, 11) is 0. The van der Waals surface area contributed by atoms with Crippen molar-refractivity contribution in [3.63, 3.8) is 0 Å². The fourth-order valence-corrected chi connectivity index (χ4v) is 2.54. The minimum absolute atomic E-state index is 0.100. The molecule has 0 unspecified atom stereocenters. The van der Waals surface area contributed by atoms with Crippen molar-refractivity contribution in [2.24, 2.45) is 0 Å². The van der Waals surface area contributed by atoms with Crippen LogP contribution in [0.1, 0.15) is 54.7 Å². The molecule has 0 radical (unpaired) electrons. The number of hydrogen-bond acceptors (Lipinski definition) is 1. The summed E-state index contributed by atoms with van der Waals surface area (Å²) in [6.45, 7) is 13.7. The molecule has 0 spiro atoms. The monoisotopic (exact) mass is 320 g/mol. The minimum atomic E-state index is 0.100. The molecule has 1 heteroatoms. The highest BCUT2D eigenvalue weighted by atomic mass is 16.1. The fraction of sp³-hybridized carbons (Fsp3) is 0.261. The van der Waals surface area contributed by atoms with E-state index in [0.717, 1.165) is 12.0 Å². The number of rotatable bonds is 5.